The average molecular weight is 178 g/mol. The molecule has 0 rings (SSSR count). The van der Waals surface area contributed by atoms with Crippen molar-refractivity contribution in [2.45, 2.75) is 34.1 Å². The number of hydrogen-bond acceptors (Lipinski definition) is 1. The standard InChI is InChI=1S/C12H18O/c1-5-11(12(13)6-2)9-7-8-10(3)4/h5,7-9H,6H2,1-4H3/b9-7-,11-5+. The van der Waals surface area contributed by atoms with E-state index >= 15 is 0 Å². The molecule has 0 aliphatic heterocycles. The second-order valence-corrected chi connectivity index (χ2v) is 3.12. The molecule has 0 radical (unpaired) electrons. The van der Waals surface area contributed by atoms with Gasteiger partial charge in [-0.05, 0) is 20.8 Å². The van der Waals surface area contributed by atoms with E-state index in [2.05, 4.69) is 0 Å². The van der Waals surface area contributed by atoms with Crippen molar-refractivity contribution in [1.29, 1.82) is 0 Å². The normalized spacial score (nSPS) is 11.8. The van der Waals surface area contributed by atoms with Crippen molar-refractivity contribution in [1.82, 2.24) is 0 Å². The summed E-state index contributed by atoms with van der Waals surface area (Å²) in [6, 6.07) is 0. The summed E-state index contributed by atoms with van der Waals surface area (Å²) in [5, 5.41) is 0. The third-order valence-electron chi connectivity index (χ3n) is 1.66. The van der Waals surface area contributed by atoms with Gasteiger partial charge in [0.1, 0.15) is 0 Å². The molecular formula is C12H18O. The Morgan fingerprint density at radius 2 is 1.92 bits per heavy atom. The maximum atomic E-state index is 11.3. The van der Waals surface area contributed by atoms with Crippen LogP contribution in [0.2, 0.25) is 0 Å². The van der Waals surface area contributed by atoms with Crippen LogP contribution < -0.4 is 0 Å². The average Bonchev–Trinajstić information content (AvgIpc) is 2.11. The minimum atomic E-state index is 0.195. The van der Waals surface area contributed by atoms with Gasteiger partial charge >= 0.3 is 0 Å². The summed E-state index contributed by atoms with van der Waals surface area (Å²) in [5.41, 5.74) is 2.02. The molecule has 0 aromatic heterocycles. The molecule has 0 aromatic carbocycles. The molecule has 0 aliphatic carbocycles. The van der Waals surface area contributed by atoms with Gasteiger partial charge in [-0.15, -0.1) is 0 Å². The van der Waals surface area contributed by atoms with Crippen molar-refractivity contribution in [2.24, 2.45) is 0 Å². The third kappa shape index (κ3) is 5.18. The van der Waals surface area contributed by atoms with Crippen LogP contribution in [0.3, 0.4) is 0 Å². The van der Waals surface area contributed by atoms with E-state index in [0.717, 1.165) is 5.57 Å². The predicted octanol–water partition coefficient (Wildman–Crippen LogP) is 3.43. The Balaban J connectivity index is 4.40. The van der Waals surface area contributed by atoms with E-state index in [1.807, 2.05) is 52.0 Å². The van der Waals surface area contributed by atoms with E-state index in [-0.39, 0.29) is 5.78 Å². The van der Waals surface area contributed by atoms with E-state index in [4.69, 9.17) is 0 Å². The zero-order valence-corrected chi connectivity index (χ0v) is 8.92. The molecule has 0 fully saturated rings. The van der Waals surface area contributed by atoms with E-state index in [0.29, 0.717) is 6.42 Å². The third-order valence-corrected chi connectivity index (χ3v) is 1.66. The van der Waals surface area contributed by atoms with Crippen LogP contribution in [0.5, 0.6) is 0 Å². The molecule has 0 N–H and O–H groups in total. The van der Waals surface area contributed by atoms with Gasteiger partial charge in [-0.2, -0.15) is 0 Å². The fraction of sp³-hybridized carbons (Fsp3) is 0.417. The van der Waals surface area contributed by atoms with Crippen LogP contribution in [0.25, 0.3) is 0 Å². The van der Waals surface area contributed by atoms with Gasteiger partial charge in [0.25, 0.3) is 0 Å². The molecule has 1 nitrogen and oxygen atoms in total. The van der Waals surface area contributed by atoms with Crippen LogP contribution in [-0.4, -0.2) is 5.78 Å². The zero-order chi connectivity index (χ0) is 10.3. The fourth-order valence-corrected chi connectivity index (χ4v) is 0.899. The van der Waals surface area contributed by atoms with Crippen LogP contribution in [0.4, 0.5) is 0 Å². The molecule has 0 aliphatic rings. The topological polar surface area (TPSA) is 17.1 Å². The van der Waals surface area contributed by atoms with Crippen LogP contribution in [-0.2, 0) is 4.79 Å². The molecule has 0 heterocycles. The van der Waals surface area contributed by atoms with Crippen LogP contribution in [0, 0.1) is 0 Å². The summed E-state index contributed by atoms with van der Waals surface area (Å²) in [5.74, 6) is 0.195. The highest BCUT2D eigenvalue weighted by Crippen LogP contribution is 2.02. The largest absolute Gasteiger partial charge is 0.294 e. The summed E-state index contributed by atoms with van der Waals surface area (Å²) in [4.78, 5) is 11.3. The number of Topliss-reactive ketones (excluding diaryl/α,β-unsaturated/α-hetero) is 1. The lowest BCUT2D eigenvalue weighted by Gasteiger charge is -1.95. The first kappa shape index (κ1) is 11.9. The highest BCUT2D eigenvalue weighted by molar-refractivity contribution is 5.97. The number of carbonyl (C=O) groups excluding carboxylic acids is 1. The molecule has 13 heavy (non-hydrogen) atoms. The first-order valence-corrected chi connectivity index (χ1v) is 4.62. The summed E-state index contributed by atoms with van der Waals surface area (Å²) in [7, 11) is 0. The van der Waals surface area contributed by atoms with Crippen LogP contribution in [0.1, 0.15) is 34.1 Å². The number of hydrogen-bond donors (Lipinski definition) is 0. The Hall–Kier alpha value is -1.11. The first-order valence-electron chi connectivity index (χ1n) is 4.62. The Morgan fingerprint density at radius 1 is 1.31 bits per heavy atom. The molecule has 0 atom stereocenters. The van der Waals surface area contributed by atoms with E-state index in [9.17, 15) is 4.79 Å². The monoisotopic (exact) mass is 178 g/mol. The van der Waals surface area contributed by atoms with Gasteiger partial charge in [-0.25, -0.2) is 0 Å². The van der Waals surface area contributed by atoms with Gasteiger partial charge in [0.05, 0.1) is 0 Å². The maximum absolute atomic E-state index is 11.3. The molecule has 1 heteroatoms. The van der Waals surface area contributed by atoms with Crippen molar-refractivity contribution < 1.29 is 4.79 Å². The summed E-state index contributed by atoms with van der Waals surface area (Å²) in [6.45, 7) is 7.82. The molecule has 72 valence electrons. The molecule has 0 saturated heterocycles. The van der Waals surface area contributed by atoms with Crippen molar-refractivity contribution in [2.75, 3.05) is 0 Å². The Morgan fingerprint density at radius 3 is 2.31 bits per heavy atom. The van der Waals surface area contributed by atoms with Crippen molar-refractivity contribution >= 4 is 5.78 Å². The van der Waals surface area contributed by atoms with Gasteiger partial charge in [-0.1, -0.05) is 36.8 Å². The van der Waals surface area contributed by atoms with Gasteiger partial charge in [0.15, 0.2) is 5.78 Å². The molecular weight excluding hydrogens is 160 g/mol. The Bertz CT molecular complexity index is 250. The highest BCUT2D eigenvalue weighted by atomic mass is 16.1. The first-order chi connectivity index (χ1) is 6.11. The van der Waals surface area contributed by atoms with Gasteiger partial charge in [0, 0.05) is 12.0 Å². The molecule has 0 bridgehead atoms. The second-order valence-electron chi connectivity index (χ2n) is 3.12. The summed E-state index contributed by atoms with van der Waals surface area (Å²) < 4.78 is 0. The SMILES string of the molecule is C/C=C(\C=C/C=C(C)C)C(=O)CC. The summed E-state index contributed by atoms with van der Waals surface area (Å²) >= 11 is 0. The van der Waals surface area contributed by atoms with Crippen LogP contribution >= 0.6 is 0 Å². The molecule has 0 aromatic rings. The Kier molecular flexibility index (Phi) is 5.86. The predicted molar refractivity (Wildman–Crippen MR) is 57.6 cm³/mol. The molecule has 0 unspecified atom stereocenters. The maximum Gasteiger partial charge on any atom is 0.162 e. The minimum absolute atomic E-state index is 0.195. The number of allylic oxidation sites excluding steroid dienone is 6. The molecule has 0 amide bonds. The van der Waals surface area contributed by atoms with E-state index in [1.54, 1.807) is 0 Å². The lowest BCUT2D eigenvalue weighted by Crippen LogP contribution is -1.96. The van der Waals surface area contributed by atoms with Gasteiger partial charge in [0.2, 0.25) is 0 Å². The molecule has 0 saturated carbocycles. The summed E-state index contributed by atoms with van der Waals surface area (Å²) in [6.07, 6.45) is 8.18. The minimum Gasteiger partial charge on any atom is -0.294 e. The number of carbonyl (C=O) groups is 1. The zero-order valence-electron chi connectivity index (χ0n) is 8.92. The van der Waals surface area contributed by atoms with Gasteiger partial charge in [-0.3, -0.25) is 4.79 Å². The lowest BCUT2D eigenvalue weighted by molar-refractivity contribution is -0.115. The second kappa shape index (κ2) is 6.41. The van der Waals surface area contributed by atoms with E-state index in [1.165, 1.54) is 5.57 Å². The molecule has 0 spiro atoms. The van der Waals surface area contributed by atoms with Crippen molar-refractivity contribution in [3.05, 3.63) is 35.5 Å². The number of rotatable bonds is 4. The smallest absolute Gasteiger partial charge is 0.162 e. The van der Waals surface area contributed by atoms with Crippen molar-refractivity contribution in [3.8, 4) is 0 Å². The van der Waals surface area contributed by atoms with Crippen molar-refractivity contribution in [3.63, 3.8) is 0 Å². The highest BCUT2D eigenvalue weighted by Gasteiger charge is 1.99. The van der Waals surface area contributed by atoms with Gasteiger partial charge < -0.3 is 0 Å². The fourth-order valence-electron chi connectivity index (χ4n) is 0.899. The number of ketones is 1. The van der Waals surface area contributed by atoms with E-state index < -0.39 is 0 Å². The quantitative estimate of drug-likeness (QED) is 0.476. The van der Waals surface area contributed by atoms with Crippen LogP contribution in [0.15, 0.2) is 35.5 Å². The lowest BCUT2D eigenvalue weighted by atomic mass is 10.1. The Labute approximate surface area is 80.8 Å².